The number of benzene rings is 1. The van der Waals surface area contributed by atoms with Gasteiger partial charge >= 0.3 is 0 Å². The molecule has 2 rings (SSSR count). The minimum atomic E-state index is 0.104. The van der Waals surface area contributed by atoms with E-state index in [4.69, 9.17) is 4.74 Å². The first-order valence-electron chi connectivity index (χ1n) is 7.17. The molecule has 1 amide bonds. The highest BCUT2D eigenvalue weighted by atomic mass is 32.2. The lowest BCUT2D eigenvalue weighted by Crippen LogP contribution is -2.48. The zero-order chi connectivity index (χ0) is 14.7. The standard InChI is InChI=1S/C16H23NO2S/c1-11(2)20-15-8-6-5-7-14(15)16(18)17-9-12(3)19-13(4)10-17/h5-8,11-13H,9-10H2,1-4H3. The monoisotopic (exact) mass is 293 g/mol. The highest BCUT2D eigenvalue weighted by Crippen LogP contribution is 2.28. The van der Waals surface area contributed by atoms with Crippen molar-refractivity contribution in [1.29, 1.82) is 0 Å². The first-order valence-corrected chi connectivity index (χ1v) is 8.05. The van der Waals surface area contributed by atoms with Crippen molar-refractivity contribution in [3.8, 4) is 0 Å². The third-order valence-corrected chi connectivity index (χ3v) is 4.27. The Balaban J connectivity index is 2.20. The molecule has 1 aromatic carbocycles. The van der Waals surface area contributed by atoms with Crippen molar-refractivity contribution in [2.45, 2.75) is 50.0 Å². The number of carbonyl (C=O) groups is 1. The number of carbonyl (C=O) groups excluding carboxylic acids is 1. The van der Waals surface area contributed by atoms with E-state index in [2.05, 4.69) is 13.8 Å². The maximum Gasteiger partial charge on any atom is 0.255 e. The van der Waals surface area contributed by atoms with Gasteiger partial charge in [-0.3, -0.25) is 4.79 Å². The molecular weight excluding hydrogens is 270 g/mol. The van der Waals surface area contributed by atoms with E-state index in [1.165, 1.54) is 0 Å². The van der Waals surface area contributed by atoms with Crippen LogP contribution in [0.2, 0.25) is 0 Å². The summed E-state index contributed by atoms with van der Waals surface area (Å²) in [5, 5.41) is 0.464. The normalized spacial score (nSPS) is 23.1. The van der Waals surface area contributed by atoms with Crippen LogP contribution in [-0.2, 0) is 4.74 Å². The third kappa shape index (κ3) is 3.76. The summed E-state index contributed by atoms with van der Waals surface area (Å²) >= 11 is 1.74. The number of nitrogens with zero attached hydrogens (tertiary/aromatic N) is 1. The summed E-state index contributed by atoms with van der Waals surface area (Å²) in [6, 6.07) is 7.89. The first-order chi connectivity index (χ1) is 9.47. The molecule has 3 nitrogen and oxygen atoms in total. The fourth-order valence-electron chi connectivity index (χ4n) is 2.51. The van der Waals surface area contributed by atoms with Crippen LogP contribution < -0.4 is 0 Å². The highest BCUT2D eigenvalue weighted by Gasteiger charge is 2.27. The molecule has 4 heteroatoms. The molecule has 0 aromatic heterocycles. The van der Waals surface area contributed by atoms with E-state index in [0.717, 1.165) is 10.5 Å². The molecule has 1 heterocycles. The van der Waals surface area contributed by atoms with Gasteiger partial charge in [-0.15, -0.1) is 11.8 Å². The summed E-state index contributed by atoms with van der Waals surface area (Å²) in [5.41, 5.74) is 0.813. The molecule has 1 aliphatic heterocycles. The average molecular weight is 293 g/mol. The number of morpholine rings is 1. The number of rotatable bonds is 3. The molecule has 2 unspecified atom stereocenters. The van der Waals surface area contributed by atoms with Crippen molar-refractivity contribution in [1.82, 2.24) is 4.90 Å². The molecule has 1 aromatic rings. The van der Waals surface area contributed by atoms with E-state index >= 15 is 0 Å². The summed E-state index contributed by atoms with van der Waals surface area (Å²) in [7, 11) is 0. The van der Waals surface area contributed by atoms with Gasteiger partial charge in [0.05, 0.1) is 17.8 Å². The van der Waals surface area contributed by atoms with Crippen molar-refractivity contribution in [3.63, 3.8) is 0 Å². The van der Waals surface area contributed by atoms with Crippen LogP contribution in [0.15, 0.2) is 29.2 Å². The van der Waals surface area contributed by atoms with E-state index in [1.54, 1.807) is 11.8 Å². The zero-order valence-corrected chi connectivity index (χ0v) is 13.4. The Bertz CT molecular complexity index is 465. The number of thioether (sulfide) groups is 1. The fourth-order valence-corrected chi connectivity index (χ4v) is 3.46. The molecule has 0 spiro atoms. The predicted octanol–water partition coefficient (Wildman–Crippen LogP) is 3.44. The van der Waals surface area contributed by atoms with Gasteiger partial charge in [-0.05, 0) is 26.0 Å². The van der Waals surface area contributed by atoms with E-state index in [1.807, 2.05) is 43.0 Å². The summed E-state index contributed by atoms with van der Waals surface area (Å²) in [6.07, 6.45) is 0.209. The van der Waals surface area contributed by atoms with Gasteiger partial charge in [0, 0.05) is 23.2 Å². The molecule has 0 radical (unpaired) electrons. The van der Waals surface area contributed by atoms with E-state index in [9.17, 15) is 4.79 Å². The number of hydrogen-bond donors (Lipinski definition) is 0. The van der Waals surface area contributed by atoms with E-state index in [0.29, 0.717) is 18.3 Å². The predicted molar refractivity (Wildman–Crippen MR) is 83.3 cm³/mol. The Hall–Kier alpha value is -1.00. The summed E-state index contributed by atoms with van der Waals surface area (Å²) in [4.78, 5) is 15.7. The Morgan fingerprint density at radius 2 is 1.85 bits per heavy atom. The summed E-state index contributed by atoms with van der Waals surface area (Å²) in [6.45, 7) is 9.67. The van der Waals surface area contributed by atoms with Crippen LogP contribution in [0.3, 0.4) is 0 Å². The smallest absolute Gasteiger partial charge is 0.255 e. The maximum absolute atomic E-state index is 12.8. The van der Waals surface area contributed by atoms with Gasteiger partial charge < -0.3 is 9.64 Å². The summed E-state index contributed by atoms with van der Waals surface area (Å²) < 4.78 is 5.70. The highest BCUT2D eigenvalue weighted by molar-refractivity contribution is 8.00. The lowest BCUT2D eigenvalue weighted by molar-refractivity contribution is -0.0586. The lowest BCUT2D eigenvalue weighted by atomic mass is 10.1. The topological polar surface area (TPSA) is 29.5 Å². The first kappa shape index (κ1) is 15.4. The van der Waals surface area contributed by atoms with Crippen molar-refractivity contribution in [2.24, 2.45) is 0 Å². The Morgan fingerprint density at radius 1 is 1.25 bits per heavy atom. The molecule has 1 aliphatic rings. The molecule has 20 heavy (non-hydrogen) atoms. The van der Waals surface area contributed by atoms with E-state index in [-0.39, 0.29) is 18.1 Å². The fraction of sp³-hybridized carbons (Fsp3) is 0.562. The van der Waals surface area contributed by atoms with Gasteiger partial charge in [0.2, 0.25) is 0 Å². The van der Waals surface area contributed by atoms with Gasteiger partial charge in [-0.1, -0.05) is 26.0 Å². The van der Waals surface area contributed by atoms with Crippen LogP contribution in [0.1, 0.15) is 38.1 Å². The number of amides is 1. The van der Waals surface area contributed by atoms with Gasteiger partial charge in [-0.25, -0.2) is 0 Å². The molecule has 0 aliphatic carbocycles. The molecule has 110 valence electrons. The lowest BCUT2D eigenvalue weighted by Gasteiger charge is -2.35. The summed E-state index contributed by atoms with van der Waals surface area (Å²) in [5.74, 6) is 0.121. The minimum absolute atomic E-state index is 0.104. The number of ether oxygens (including phenoxy) is 1. The van der Waals surface area contributed by atoms with E-state index < -0.39 is 0 Å². The van der Waals surface area contributed by atoms with Gasteiger partial charge in [0.15, 0.2) is 0 Å². The van der Waals surface area contributed by atoms with Crippen LogP contribution in [0.25, 0.3) is 0 Å². The third-order valence-electron chi connectivity index (χ3n) is 3.19. The Morgan fingerprint density at radius 3 is 2.45 bits per heavy atom. The van der Waals surface area contributed by atoms with Gasteiger partial charge in [0.25, 0.3) is 5.91 Å². The Labute approximate surface area is 125 Å². The molecule has 2 atom stereocenters. The van der Waals surface area contributed by atoms with Crippen molar-refractivity contribution >= 4 is 17.7 Å². The van der Waals surface area contributed by atoms with Crippen LogP contribution in [0, 0.1) is 0 Å². The van der Waals surface area contributed by atoms with Crippen molar-refractivity contribution < 1.29 is 9.53 Å². The van der Waals surface area contributed by atoms with Crippen LogP contribution in [-0.4, -0.2) is 41.4 Å². The zero-order valence-electron chi connectivity index (χ0n) is 12.6. The molecule has 0 N–H and O–H groups in total. The second-order valence-corrected chi connectivity index (χ2v) is 7.25. The Kier molecular flexibility index (Phi) is 5.11. The second-order valence-electron chi connectivity index (χ2n) is 5.63. The van der Waals surface area contributed by atoms with Gasteiger partial charge in [-0.2, -0.15) is 0 Å². The molecule has 1 saturated heterocycles. The van der Waals surface area contributed by atoms with Crippen LogP contribution >= 0.6 is 11.8 Å². The maximum atomic E-state index is 12.8. The van der Waals surface area contributed by atoms with Gasteiger partial charge in [0.1, 0.15) is 0 Å². The van der Waals surface area contributed by atoms with Crippen LogP contribution in [0.5, 0.6) is 0 Å². The number of hydrogen-bond acceptors (Lipinski definition) is 3. The molecule has 0 saturated carbocycles. The average Bonchev–Trinajstić information content (AvgIpc) is 2.36. The SMILES string of the molecule is CC1CN(C(=O)c2ccccc2SC(C)C)CC(C)O1. The molecule has 1 fully saturated rings. The quantitative estimate of drug-likeness (QED) is 0.800. The molecular formula is C16H23NO2S. The van der Waals surface area contributed by atoms with Crippen molar-refractivity contribution in [2.75, 3.05) is 13.1 Å². The molecule has 0 bridgehead atoms. The second kappa shape index (κ2) is 6.64. The minimum Gasteiger partial charge on any atom is -0.372 e. The van der Waals surface area contributed by atoms with Crippen LogP contribution in [0.4, 0.5) is 0 Å². The largest absolute Gasteiger partial charge is 0.372 e. The van der Waals surface area contributed by atoms with Crippen molar-refractivity contribution in [3.05, 3.63) is 29.8 Å².